The molecular weight excluding hydrogens is 292 g/mol. The molecule has 4 aliphatic carbocycles. The van der Waals surface area contributed by atoms with Gasteiger partial charge >= 0.3 is 0 Å². The van der Waals surface area contributed by atoms with Gasteiger partial charge in [-0.1, -0.05) is 19.9 Å². The van der Waals surface area contributed by atoms with E-state index in [1.54, 1.807) is 0 Å². The molecule has 0 bridgehead atoms. The van der Waals surface area contributed by atoms with Gasteiger partial charge in [0.2, 0.25) is 5.78 Å². The van der Waals surface area contributed by atoms with Crippen molar-refractivity contribution in [2.45, 2.75) is 52.1 Å². The Morgan fingerprint density at radius 2 is 1.91 bits per heavy atom. The van der Waals surface area contributed by atoms with Crippen molar-refractivity contribution < 1.29 is 19.8 Å². The topological polar surface area (TPSA) is 74.6 Å². The van der Waals surface area contributed by atoms with Crippen LogP contribution in [0.3, 0.4) is 0 Å². The summed E-state index contributed by atoms with van der Waals surface area (Å²) in [5.74, 6) is 0.397. The predicted molar refractivity (Wildman–Crippen MR) is 84.6 cm³/mol. The lowest BCUT2D eigenvalue weighted by Gasteiger charge is -2.57. The number of aliphatic hydroxyl groups is 2. The third-order valence-electron chi connectivity index (χ3n) is 7.33. The number of allylic oxidation sites excluding steroid dienone is 3. The fraction of sp³-hybridized carbons (Fsp3) is 0.684. The molecule has 0 unspecified atom stereocenters. The highest BCUT2D eigenvalue weighted by atomic mass is 16.3. The molecule has 2 N–H and O–H groups in total. The molecule has 0 aliphatic heterocycles. The van der Waals surface area contributed by atoms with Crippen molar-refractivity contribution >= 4 is 11.6 Å². The van der Waals surface area contributed by atoms with Gasteiger partial charge in [-0.05, 0) is 49.2 Å². The van der Waals surface area contributed by atoms with E-state index < -0.39 is 16.9 Å². The maximum absolute atomic E-state index is 12.4. The minimum atomic E-state index is -0.575. The molecule has 0 radical (unpaired) electrons. The first-order valence-electron chi connectivity index (χ1n) is 8.66. The van der Waals surface area contributed by atoms with Gasteiger partial charge in [-0.15, -0.1) is 0 Å². The Balaban J connectivity index is 1.80. The molecule has 124 valence electrons. The molecule has 4 aliphatic rings. The lowest BCUT2D eigenvalue weighted by atomic mass is 9.47. The number of Topliss-reactive ketones (excluding diaryl/α,β-unsaturated/α-hetero) is 1. The summed E-state index contributed by atoms with van der Waals surface area (Å²) in [7, 11) is 0. The molecule has 3 saturated carbocycles. The Hall–Kier alpha value is -1.42. The van der Waals surface area contributed by atoms with Crippen LogP contribution in [0, 0.1) is 28.6 Å². The van der Waals surface area contributed by atoms with Gasteiger partial charge in [0.1, 0.15) is 5.78 Å². The fourth-order valence-electron chi connectivity index (χ4n) is 6.21. The number of hydrogen-bond donors (Lipinski definition) is 2. The Labute approximate surface area is 136 Å². The van der Waals surface area contributed by atoms with Crippen molar-refractivity contribution in [1.29, 1.82) is 0 Å². The van der Waals surface area contributed by atoms with Crippen LogP contribution in [-0.4, -0.2) is 27.9 Å². The first kappa shape index (κ1) is 15.1. The van der Waals surface area contributed by atoms with Gasteiger partial charge in [0.25, 0.3) is 0 Å². The third kappa shape index (κ3) is 1.76. The zero-order valence-corrected chi connectivity index (χ0v) is 13.7. The van der Waals surface area contributed by atoms with Crippen molar-refractivity contribution in [3.63, 3.8) is 0 Å². The molecule has 0 aromatic carbocycles. The number of hydrogen-bond acceptors (Lipinski definition) is 4. The Bertz CT molecular complexity index is 660. The second kappa shape index (κ2) is 4.56. The quantitative estimate of drug-likeness (QED) is 0.720. The average Bonchev–Trinajstić information content (AvgIpc) is 2.78. The van der Waals surface area contributed by atoms with Gasteiger partial charge in [-0.3, -0.25) is 9.59 Å². The van der Waals surface area contributed by atoms with E-state index in [0.29, 0.717) is 31.0 Å². The van der Waals surface area contributed by atoms with Gasteiger partial charge in [-0.2, -0.15) is 0 Å². The van der Waals surface area contributed by atoms with Crippen LogP contribution in [0.15, 0.2) is 23.5 Å². The molecule has 0 aromatic rings. The molecule has 0 heterocycles. The summed E-state index contributed by atoms with van der Waals surface area (Å²) >= 11 is 0. The summed E-state index contributed by atoms with van der Waals surface area (Å²) in [5.41, 5.74) is -0.0972. The third-order valence-corrected chi connectivity index (χ3v) is 7.33. The highest BCUT2D eigenvalue weighted by molar-refractivity contribution is 6.04. The van der Waals surface area contributed by atoms with Crippen molar-refractivity contribution in [2.24, 2.45) is 28.6 Å². The molecule has 23 heavy (non-hydrogen) atoms. The van der Waals surface area contributed by atoms with Crippen LogP contribution in [0.2, 0.25) is 0 Å². The van der Waals surface area contributed by atoms with Crippen LogP contribution in [0.1, 0.15) is 46.0 Å². The minimum absolute atomic E-state index is 0.0262. The van der Waals surface area contributed by atoms with E-state index in [4.69, 9.17) is 0 Å². The van der Waals surface area contributed by atoms with Crippen molar-refractivity contribution in [3.8, 4) is 0 Å². The van der Waals surface area contributed by atoms with E-state index in [9.17, 15) is 19.8 Å². The summed E-state index contributed by atoms with van der Waals surface area (Å²) in [4.78, 5) is 24.2. The van der Waals surface area contributed by atoms with Crippen molar-refractivity contribution in [2.75, 3.05) is 0 Å². The number of fused-ring (bicyclic) bond motifs is 5. The predicted octanol–water partition coefficient (Wildman–Crippen LogP) is 2.72. The first-order chi connectivity index (χ1) is 10.8. The molecule has 4 nitrogen and oxygen atoms in total. The van der Waals surface area contributed by atoms with Crippen molar-refractivity contribution in [1.82, 2.24) is 0 Å². The lowest BCUT2D eigenvalue weighted by Crippen LogP contribution is -2.56. The molecule has 0 spiro atoms. The smallest absolute Gasteiger partial charge is 0.219 e. The second-order valence-electron chi connectivity index (χ2n) is 8.29. The standard InChI is InChI=1S/C19H24O4/c1-18-8-7-13(20)17(23)12(18)4-3-10-11-5-6-15(22)19(11,2)9-14(21)16(10)18/h7-8,10-11,14,16,21,23H,3-6,9H2,1-2H3/t10-,11-,14+,16+,18-,19-/m0/s1. The number of rotatable bonds is 0. The highest BCUT2D eigenvalue weighted by Gasteiger charge is 2.62. The van der Waals surface area contributed by atoms with Gasteiger partial charge in [-0.25, -0.2) is 0 Å². The van der Waals surface area contributed by atoms with E-state index in [1.807, 2.05) is 19.9 Å². The first-order valence-corrected chi connectivity index (χ1v) is 8.66. The molecule has 0 amide bonds. The molecule has 6 atom stereocenters. The van der Waals surface area contributed by atoms with E-state index in [-0.39, 0.29) is 23.4 Å². The van der Waals surface area contributed by atoms with Gasteiger partial charge < -0.3 is 10.2 Å². The maximum Gasteiger partial charge on any atom is 0.219 e. The Morgan fingerprint density at radius 1 is 1.17 bits per heavy atom. The van der Waals surface area contributed by atoms with E-state index >= 15 is 0 Å². The maximum atomic E-state index is 12.4. The molecule has 4 heteroatoms. The highest BCUT2D eigenvalue weighted by Crippen LogP contribution is 2.63. The van der Waals surface area contributed by atoms with Crippen LogP contribution in [0.25, 0.3) is 0 Å². The number of aliphatic hydroxyl groups excluding tert-OH is 2. The van der Waals surface area contributed by atoms with Crippen LogP contribution >= 0.6 is 0 Å². The van der Waals surface area contributed by atoms with E-state index in [0.717, 1.165) is 18.4 Å². The molecule has 3 fully saturated rings. The van der Waals surface area contributed by atoms with Gasteiger partial charge in [0.15, 0.2) is 5.76 Å². The fourth-order valence-corrected chi connectivity index (χ4v) is 6.21. The average molecular weight is 316 g/mol. The lowest BCUT2D eigenvalue weighted by molar-refractivity contribution is -0.142. The van der Waals surface area contributed by atoms with Crippen LogP contribution < -0.4 is 0 Å². The van der Waals surface area contributed by atoms with Gasteiger partial charge in [0, 0.05) is 23.2 Å². The molecule has 0 aromatic heterocycles. The Kier molecular flexibility index (Phi) is 3.00. The number of ketones is 2. The Morgan fingerprint density at radius 3 is 2.65 bits per heavy atom. The number of carbonyl (C=O) groups excluding carboxylic acids is 2. The SMILES string of the molecule is C[C@]12C=CC(=O)C(O)=C1CC[C@@H]1[C@@H]2[C@H](O)C[C@]2(C)C(=O)CC[C@@H]12. The molecule has 4 rings (SSSR count). The molecule has 0 saturated heterocycles. The zero-order valence-electron chi connectivity index (χ0n) is 13.7. The van der Waals surface area contributed by atoms with Crippen LogP contribution in [-0.2, 0) is 9.59 Å². The molecular formula is C19H24O4. The largest absolute Gasteiger partial charge is 0.504 e. The summed E-state index contributed by atoms with van der Waals surface area (Å²) in [5, 5.41) is 21.2. The van der Waals surface area contributed by atoms with Crippen LogP contribution in [0.5, 0.6) is 0 Å². The second-order valence-corrected chi connectivity index (χ2v) is 8.29. The summed E-state index contributed by atoms with van der Waals surface area (Å²) in [6.07, 6.45) is 6.30. The normalized spacial score (nSPS) is 49.0. The van der Waals surface area contributed by atoms with E-state index in [1.165, 1.54) is 6.08 Å². The van der Waals surface area contributed by atoms with Crippen molar-refractivity contribution in [3.05, 3.63) is 23.5 Å². The minimum Gasteiger partial charge on any atom is -0.504 e. The van der Waals surface area contributed by atoms with Crippen LogP contribution in [0.4, 0.5) is 0 Å². The monoisotopic (exact) mass is 316 g/mol. The van der Waals surface area contributed by atoms with Gasteiger partial charge in [0.05, 0.1) is 6.10 Å². The summed E-state index contributed by atoms with van der Waals surface area (Å²) in [6.45, 7) is 4.05. The van der Waals surface area contributed by atoms with E-state index in [2.05, 4.69) is 0 Å². The summed E-state index contributed by atoms with van der Waals surface area (Å²) in [6, 6.07) is 0. The number of carbonyl (C=O) groups is 2. The zero-order chi connectivity index (χ0) is 16.6. The summed E-state index contributed by atoms with van der Waals surface area (Å²) < 4.78 is 0.